The van der Waals surface area contributed by atoms with Gasteiger partial charge in [-0.1, -0.05) is 30.3 Å². The van der Waals surface area contributed by atoms with Gasteiger partial charge in [-0.05, 0) is 30.2 Å². The molecule has 0 aliphatic carbocycles. The van der Waals surface area contributed by atoms with Crippen LogP contribution in [0.5, 0.6) is 0 Å². The van der Waals surface area contributed by atoms with Gasteiger partial charge in [-0.15, -0.1) is 0 Å². The van der Waals surface area contributed by atoms with Gasteiger partial charge in [0.25, 0.3) is 17.7 Å². The van der Waals surface area contributed by atoms with Crippen LogP contribution in [0.25, 0.3) is 0 Å². The summed E-state index contributed by atoms with van der Waals surface area (Å²) in [5.74, 6) is -1.95. The normalized spacial score (nSPS) is 15.8. The molecule has 1 saturated heterocycles. The fourth-order valence-electron chi connectivity index (χ4n) is 3.96. The molecule has 4 rings (SSSR count). The molecule has 34 heavy (non-hydrogen) atoms. The largest absolute Gasteiger partial charge is 0.452 e. The fraction of sp³-hybridized carbons (Fsp3) is 0.360. The molecule has 2 aromatic rings. The van der Waals surface area contributed by atoms with E-state index in [0.29, 0.717) is 32.7 Å². The molecule has 2 heterocycles. The van der Waals surface area contributed by atoms with Crippen molar-refractivity contribution >= 4 is 23.7 Å². The minimum Gasteiger partial charge on any atom is -0.452 e. The van der Waals surface area contributed by atoms with Crippen molar-refractivity contribution < 1.29 is 28.7 Å². The quantitative estimate of drug-likeness (QED) is 0.442. The monoisotopic (exact) mass is 465 g/mol. The molecule has 0 spiro atoms. The Morgan fingerprint density at radius 2 is 1.68 bits per heavy atom. The highest BCUT2D eigenvalue weighted by atomic mass is 16.5. The van der Waals surface area contributed by atoms with Crippen LogP contribution >= 0.6 is 0 Å². The SMILES string of the molecule is O=C(COC(=O)c1ccc2c(c1)C(=O)N(CCCN1CCOCC1)C2=O)NCc1ccccc1. The Balaban J connectivity index is 1.28. The summed E-state index contributed by atoms with van der Waals surface area (Å²) < 4.78 is 10.4. The zero-order chi connectivity index (χ0) is 23.9. The highest BCUT2D eigenvalue weighted by molar-refractivity contribution is 6.22. The summed E-state index contributed by atoms with van der Waals surface area (Å²) in [6, 6.07) is 13.6. The summed E-state index contributed by atoms with van der Waals surface area (Å²) in [6.07, 6.45) is 0.665. The van der Waals surface area contributed by atoms with E-state index < -0.39 is 24.4 Å². The lowest BCUT2D eigenvalue weighted by Crippen LogP contribution is -2.39. The molecule has 0 unspecified atom stereocenters. The molecule has 0 radical (unpaired) electrons. The number of benzene rings is 2. The van der Waals surface area contributed by atoms with Crippen molar-refractivity contribution in [2.45, 2.75) is 13.0 Å². The Bertz CT molecular complexity index is 1070. The van der Waals surface area contributed by atoms with Gasteiger partial charge < -0.3 is 14.8 Å². The second-order valence-corrected chi connectivity index (χ2v) is 8.17. The second kappa shape index (κ2) is 11.0. The average molecular weight is 466 g/mol. The number of nitrogens with one attached hydrogen (secondary N) is 1. The number of carbonyl (C=O) groups excluding carboxylic acids is 4. The number of carbonyl (C=O) groups is 4. The molecule has 0 saturated carbocycles. The Hall–Kier alpha value is -3.56. The zero-order valence-electron chi connectivity index (χ0n) is 18.8. The third-order valence-corrected chi connectivity index (χ3v) is 5.83. The topological polar surface area (TPSA) is 105 Å². The van der Waals surface area contributed by atoms with E-state index in [4.69, 9.17) is 9.47 Å². The molecular weight excluding hydrogens is 438 g/mol. The van der Waals surface area contributed by atoms with Crippen LogP contribution in [-0.4, -0.2) is 79.5 Å². The van der Waals surface area contributed by atoms with Gasteiger partial charge >= 0.3 is 5.97 Å². The number of nitrogens with zero attached hydrogens (tertiary/aromatic N) is 2. The Morgan fingerprint density at radius 1 is 0.941 bits per heavy atom. The number of hydrogen-bond acceptors (Lipinski definition) is 7. The van der Waals surface area contributed by atoms with Crippen LogP contribution in [0.15, 0.2) is 48.5 Å². The van der Waals surface area contributed by atoms with E-state index in [1.54, 1.807) is 0 Å². The first-order valence-electron chi connectivity index (χ1n) is 11.3. The molecule has 1 N–H and O–H groups in total. The van der Waals surface area contributed by atoms with E-state index >= 15 is 0 Å². The maximum absolute atomic E-state index is 12.8. The van der Waals surface area contributed by atoms with Gasteiger partial charge in [-0.2, -0.15) is 0 Å². The number of imide groups is 1. The van der Waals surface area contributed by atoms with E-state index in [1.165, 1.54) is 23.1 Å². The lowest BCUT2D eigenvalue weighted by molar-refractivity contribution is -0.124. The second-order valence-electron chi connectivity index (χ2n) is 8.17. The molecule has 3 amide bonds. The van der Waals surface area contributed by atoms with Gasteiger partial charge in [0.05, 0.1) is 29.9 Å². The molecule has 2 aliphatic rings. The molecule has 9 heteroatoms. The van der Waals surface area contributed by atoms with Crippen LogP contribution in [0.2, 0.25) is 0 Å². The molecule has 1 fully saturated rings. The molecule has 0 atom stereocenters. The van der Waals surface area contributed by atoms with E-state index in [2.05, 4.69) is 10.2 Å². The number of esters is 1. The van der Waals surface area contributed by atoms with E-state index in [1.807, 2.05) is 30.3 Å². The summed E-state index contributed by atoms with van der Waals surface area (Å²) in [7, 11) is 0. The summed E-state index contributed by atoms with van der Waals surface area (Å²) in [5, 5.41) is 2.68. The number of fused-ring (bicyclic) bond motifs is 1. The van der Waals surface area contributed by atoms with Crippen LogP contribution < -0.4 is 5.32 Å². The first-order valence-corrected chi connectivity index (χ1v) is 11.3. The van der Waals surface area contributed by atoms with Gasteiger partial charge in [-0.3, -0.25) is 24.2 Å². The predicted octanol–water partition coefficient (Wildman–Crippen LogP) is 1.48. The summed E-state index contributed by atoms with van der Waals surface area (Å²) in [6.45, 7) is 4.06. The van der Waals surface area contributed by atoms with E-state index in [0.717, 1.165) is 25.2 Å². The Morgan fingerprint density at radius 3 is 2.44 bits per heavy atom. The number of ether oxygens (including phenoxy) is 2. The minimum atomic E-state index is -0.733. The molecule has 0 aromatic heterocycles. The third-order valence-electron chi connectivity index (χ3n) is 5.83. The standard InChI is InChI=1S/C25H27N3O6/c29-22(26-16-18-5-2-1-3-6-18)17-34-25(32)19-7-8-20-21(15-19)24(31)28(23(20)30)10-4-9-27-11-13-33-14-12-27/h1-3,5-8,15H,4,9-14,16-17H2,(H,26,29). The minimum absolute atomic E-state index is 0.117. The highest BCUT2D eigenvalue weighted by Crippen LogP contribution is 2.24. The number of hydrogen-bond donors (Lipinski definition) is 1. The molecule has 178 valence electrons. The van der Waals surface area contributed by atoms with Crippen LogP contribution in [-0.2, 0) is 20.8 Å². The summed E-state index contributed by atoms with van der Waals surface area (Å²) in [5.41, 5.74) is 1.50. The van der Waals surface area contributed by atoms with Crippen molar-refractivity contribution in [3.63, 3.8) is 0 Å². The van der Waals surface area contributed by atoms with Crippen molar-refractivity contribution in [1.29, 1.82) is 0 Å². The Kier molecular flexibility index (Phi) is 7.66. The van der Waals surface area contributed by atoms with Gasteiger partial charge in [0.15, 0.2) is 6.61 Å². The van der Waals surface area contributed by atoms with Crippen LogP contribution in [0.4, 0.5) is 0 Å². The van der Waals surface area contributed by atoms with Crippen molar-refractivity contribution in [1.82, 2.24) is 15.1 Å². The van der Waals surface area contributed by atoms with Crippen molar-refractivity contribution in [2.24, 2.45) is 0 Å². The lowest BCUT2D eigenvalue weighted by Gasteiger charge is -2.27. The molecule has 2 aromatic carbocycles. The zero-order valence-corrected chi connectivity index (χ0v) is 18.8. The van der Waals surface area contributed by atoms with Crippen molar-refractivity contribution in [3.05, 3.63) is 70.8 Å². The van der Waals surface area contributed by atoms with Gasteiger partial charge in [0.1, 0.15) is 0 Å². The van der Waals surface area contributed by atoms with Crippen LogP contribution in [0, 0.1) is 0 Å². The number of rotatable bonds is 9. The molecule has 2 aliphatic heterocycles. The van der Waals surface area contributed by atoms with Crippen molar-refractivity contribution in [2.75, 3.05) is 46.0 Å². The molecule has 0 bridgehead atoms. The number of morpholine rings is 1. The van der Waals surface area contributed by atoms with Gasteiger partial charge in [-0.25, -0.2) is 4.79 Å². The Labute approximate surface area is 197 Å². The third kappa shape index (κ3) is 5.67. The average Bonchev–Trinajstić information content (AvgIpc) is 3.11. The van der Waals surface area contributed by atoms with Crippen molar-refractivity contribution in [3.8, 4) is 0 Å². The van der Waals surface area contributed by atoms with Crippen LogP contribution in [0.1, 0.15) is 43.1 Å². The van der Waals surface area contributed by atoms with Gasteiger partial charge in [0, 0.05) is 32.7 Å². The fourth-order valence-corrected chi connectivity index (χ4v) is 3.96. The van der Waals surface area contributed by atoms with E-state index in [9.17, 15) is 19.2 Å². The van der Waals surface area contributed by atoms with Crippen LogP contribution in [0.3, 0.4) is 0 Å². The summed E-state index contributed by atoms with van der Waals surface area (Å²) >= 11 is 0. The first kappa shape index (κ1) is 23.6. The van der Waals surface area contributed by atoms with Gasteiger partial charge in [0.2, 0.25) is 0 Å². The highest BCUT2D eigenvalue weighted by Gasteiger charge is 2.35. The smallest absolute Gasteiger partial charge is 0.338 e. The maximum Gasteiger partial charge on any atom is 0.338 e. The first-order chi connectivity index (χ1) is 16.5. The maximum atomic E-state index is 12.8. The summed E-state index contributed by atoms with van der Waals surface area (Å²) in [4.78, 5) is 53.3. The van der Waals surface area contributed by atoms with E-state index in [-0.39, 0.29) is 22.6 Å². The predicted molar refractivity (Wildman–Crippen MR) is 122 cm³/mol. The lowest BCUT2D eigenvalue weighted by atomic mass is 10.1. The number of amides is 3. The molecule has 9 nitrogen and oxygen atoms in total. The molecular formula is C25H27N3O6.